The van der Waals surface area contributed by atoms with Crippen LogP contribution < -0.4 is 10.1 Å². The summed E-state index contributed by atoms with van der Waals surface area (Å²) in [6.45, 7) is 6.59. The van der Waals surface area contributed by atoms with E-state index >= 15 is 0 Å². The third kappa shape index (κ3) is 2.30. The van der Waals surface area contributed by atoms with Crippen LogP contribution in [0.15, 0.2) is 16.6 Å². The summed E-state index contributed by atoms with van der Waals surface area (Å²) >= 11 is 3.68. The fraction of sp³-hybridized carbons (Fsp3) is 0.600. The van der Waals surface area contributed by atoms with E-state index in [0.717, 1.165) is 29.7 Å². The van der Waals surface area contributed by atoms with Gasteiger partial charge in [0.05, 0.1) is 4.47 Å². The average Bonchev–Trinajstić information content (AvgIpc) is 2.65. The highest BCUT2D eigenvalue weighted by molar-refractivity contribution is 9.10. The molecule has 0 saturated carbocycles. The smallest absolute Gasteiger partial charge is 0.137 e. The van der Waals surface area contributed by atoms with Crippen molar-refractivity contribution in [3.8, 4) is 5.75 Å². The van der Waals surface area contributed by atoms with E-state index in [-0.39, 0.29) is 5.60 Å². The van der Waals surface area contributed by atoms with Crippen LogP contribution >= 0.6 is 15.9 Å². The summed E-state index contributed by atoms with van der Waals surface area (Å²) in [5.74, 6) is 1.76. The van der Waals surface area contributed by atoms with Gasteiger partial charge in [-0.3, -0.25) is 0 Å². The van der Waals surface area contributed by atoms with E-state index in [2.05, 4.69) is 47.2 Å². The Bertz CT molecular complexity index is 464. The van der Waals surface area contributed by atoms with Gasteiger partial charge in [0.1, 0.15) is 11.4 Å². The molecule has 0 unspecified atom stereocenters. The van der Waals surface area contributed by atoms with E-state index in [4.69, 9.17) is 4.74 Å². The number of halogens is 1. The molecule has 0 amide bonds. The van der Waals surface area contributed by atoms with Crippen LogP contribution in [0.4, 0.5) is 0 Å². The molecule has 1 N–H and O–H groups in total. The van der Waals surface area contributed by atoms with Crippen molar-refractivity contribution in [2.24, 2.45) is 0 Å². The minimum atomic E-state index is -0.0579. The zero-order valence-electron chi connectivity index (χ0n) is 11.1. The molecule has 1 aromatic carbocycles. The number of rotatable bonds is 1. The zero-order chi connectivity index (χ0) is 12.8. The number of hydrogen-bond acceptors (Lipinski definition) is 2. The fourth-order valence-corrected chi connectivity index (χ4v) is 3.68. The van der Waals surface area contributed by atoms with E-state index in [1.165, 1.54) is 24.0 Å². The molecule has 0 radical (unpaired) electrons. The molecule has 0 atom stereocenters. The first kappa shape index (κ1) is 12.5. The van der Waals surface area contributed by atoms with Crippen molar-refractivity contribution in [2.45, 2.75) is 44.6 Å². The lowest BCUT2D eigenvalue weighted by Crippen LogP contribution is -2.26. The number of fused-ring (bicyclic) bond motifs is 1. The van der Waals surface area contributed by atoms with Gasteiger partial charge in [0.2, 0.25) is 0 Å². The van der Waals surface area contributed by atoms with Gasteiger partial charge in [-0.1, -0.05) is 6.07 Å². The Morgan fingerprint density at radius 1 is 1.28 bits per heavy atom. The highest BCUT2D eigenvalue weighted by Gasteiger charge is 2.32. The standard InChI is InChI=1S/C15H20BrNO/c1-15(2)9-12-7-11(8-13(16)14(12)18-15)10-3-5-17-6-4-10/h7-8,10,17H,3-6,9H2,1-2H3. The van der Waals surface area contributed by atoms with Gasteiger partial charge in [0.15, 0.2) is 0 Å². The normalized spacial score (nSPS) is 22.6. The van der Waals surface area contributed by atoms with Gasteiger partial charge < -0.3 is 10.1 Å². The second-order valence-corrected chi connectivity index (χ2v) is 6.91. The molecule has 2 nitrogen and oxygen atoms in total. The van der Waals surface area contributed by atoms with Gasteiger partial charge in [-0.05, 0) is 78.8 Å². The fourth-order valence-electron chi connectivity index (χ4n) is 3.08. The van der Waals surface area contributed by atoms with Gasteiger partial charge in [0.25, 0.3) is 0 Å². The van der Waals surface area contributed by atoms with Gasteiger partial charge in [-0.15, -0.1) is 0 Å². The average molecular weight is 310 g/mol. The quantitative estimate of drug-likeness (QED) is 0.855. The number of nitrogens with one attached hydrogen (secondary N) is 1. The van der Waals surface area contributed by atoms with Crippen LogP contribution in [0.25, 0.3) is 0 Å². The van der Waals surface area contributed by atoms with Crippen LogP contribution in [-0.4, -0.2) is 18.7 Å². The van der Waals surface area contributed by atoms with Crippen LogP contribution in [0.3, 0.4) is 0 Å². The molecule has 2 aliphatic heterocycles. The summed E-state index contributed by atoms with van der Waals surface area (Å²) in [6.07, 6.45) is 3.50. The van der Waals surface area contributed by atoms with E-state index in [0.29, 0.717) is 5.92 Å². The highest BCUT2D eigenvalue weighted by Crippen LogP contribution is 2.43. The molecular weight excluding hydrogens is 290 g/mol. The molecule has 0 aliphatic carbocycles. The second-order valence-electron chi connectivity index (χ2n) is 6.05. The molecular formula is C15H20BrNO. The van der Waals surface area contributed by atoms with Crippen LogP contribution in [-0.2, 0) is 6.42 Å². The molecule has 18 heavy (non-hydrogen) atoms. The maximum absolute atomic E-state index is 6.01. The van der Waals surface area contributed by atoms with Crippen LogP contribution in [0.5, 0.6) is 5.75 Å². The predicted molar refractivity (Wildman–Crippen MR) is 77.4 cm³/mol. The van der Waals surface area contributed by atoms with Crippen molar-refractivity contribution in [3.05, 3.63) is 27.7 Å². The molecule has 1 aromatic rings. The van der Waals surface area contributed by atoms with Gasteiger partial charge >= 0.3 is 0 Å². The number of ether oxygens (including phenoxy) is 1. The maximum atomic E-state index is 6.01. The van der Waals surface area contributed by atoms with E-state index < -0.39 is 0 Å². The first-order chi connectivity index (χ1) is 8.55. The molecule has 0 aromatic heterocycles. The van der Waals surface area contributed by atoms with Gasteiger partial charge in [0, 0.05) is 6.42 Å². The number of benzene rings is 1. The summed E-state index contributed by atoms with van der Waals surface area (Å²) in [5, 5.41) is 3.43. The lowest BCUT2D eigenvalue weighted by molar-refractivity contribution is 0.137. The Hall–Kier alpha value is -0.540. The molecule has 3 rings (SSSR count). The monoisotopic (exact) mass is 309 g/mol. The molecule has 3 heteroatoms. The second kappa shape index (κ2) is 4.53. The van der Waals surface area contributed by atoms with Crippen molar-refractivity contribution >= 4 is 15.9 Å². The summed E-state index contributed by atoms with van der Waals surface area (Å²) in [6, 6.07) is 4.63. The van der Waals surface area contributed by atoms with Gasteiger partial charge in [-0.25, -0.2) is 0 Å². The molecule has 0 spiro atoms. The van der Waals surface area contributed by atoms with Crippen LogP contribution in [0.2, 0.25) is 0 Å². The first-order valence-electron chi connectivity index (χ1n) is 6.77. The summed E-state index contributed by atoms with van der Waals surface area (Å²) in [5.41, 5.74) is 2.78. The molecule has 2 heterocycles. The first-order valence-corrected chi connectivity index (χ1v) is 7.56. The Morgan fingerprint density at radius 2 is 2.00 bits per heavy atom. The third-order valence-electron chi connectivity index (χ3n) is 3.95. The highest BCUT2D eigenvalue weighted by atomic mass is 79.9. The summed E-state index contributed by atoms with van der Waals surface area (Å²) in [4.78, 5) is 0. The van der Waals surface area contributed by atoms with Crippen LogP contribution in [0, 0.1) is 0 Å². The summed E-state index contributed by atoms with van der Waals surface area (Å²) in [7, 11) is 0. The maximum Gasteiger partial charge on any atom is 0.137 e. The third-order valence-corrected chi connectivity index (χ3v) is 4.54. The van der Waals surface area contributed by atoms with Crippen molar-refractivity contribution in [2.75, 3.05) is 13.1 Å². The molecule has 98 valence electrons. The number of piperidine rings is 1. The Balaban J connectivity index is 1.93. The van der Waals surface area contributed by atoms with Crippen molar-refractivity contribution < 1.29 is 4.74 Å². The van der Waals surface area contributed by atoms with Crippen molar-refractivity contribution in [3.63, 3.8) is 0 Å². The Labute approximate surface area is 117 Å². The molecule has 1 fully saturated rings. The Kier molecular flexibility index (Phi) is 3.15. The van der Waals surface area contributed by atoms with E-state index in [1.807, 2.05) is 0 Å². The SMILES string of the molecule is CC1(C)Cc2cc(C3CCNCC3)cc(Br)c2O1. The van der Waals surface area contributed by atoms with Crippen LogP contribution in [0.1, 0.15) is 43.7 Å². The molecule has 1 saturated heterocycles. The predicted octanol–water partition coefficient (Wildman–Crippen LogP) is 3.63. The van der Waals surface area contributed by atoms with Crippen molar-refractivity contribution in [1.82, 2.24) is 5.32 Å². The lowest BCUT2D eigenvalue weighted by atomic mass is 9.88. The van der Waals surface area contributed by atoms with Crippen molar-refractivity contribution in [1.29, 1.82) is 0 Å². The molecule has 0 bridgehead atoms. The Morgan fingerprint density at radius 3 is 2.72 bits per heavy atom. The minimum absolute atomic E-state index is 0.0579. The minimum Gasteiger partial charge on any atom is -0.486 e. The zero-order valence-corrected chi connectivity index (χ0v) is 12.6. The topological polar surface area (TPSA) is 21.3 Å². The van der Waals surface area contributed by atoms with Gasteiger partial charge in [-0.2, -0.15) is 0 Å². The largest absolute Gasteiger partial charge is 0.486 e. The summed E-state index contributed by atoms with van der Waals surface area (Å²) < 4.78 is 7.13. The molecule has 2 aliphatic rings. The number of hydrogen-bond donors (Lipinski definition) is 1. The van der Waals surface area contributed by atoms with E-state index in [9.17, 15) is 0 Å². The van der Waals surface area contributed by atoms with E-state index in [1.54, 1.807) is 0 Å². The lowest BCUT2D eigenvalue weighted by Gasteiger charge is -2.23.